The molecule has 4 heteroatoms. The number of rotatable bonds is 1. The maximum absolute atomic E-state index is 5.86. The molecule has 0 spiro atoms. The number of thiazole rings is 1. The van der Waals surface area contributed by atoms with E-state index in [-0.39, 0.29) is 0 Å². The van der Waals surface area contributed by atoms with E-state index in [1.165, 1.54) is 10.6 Å². The summed E-state index contributed by atoms with van der Waals surface area (Å²) in [6, 6.07) is 0.350. The van der Waals surface area contributed by atoms with E-state index in [1.807, 2.05) is 7.05 Å². The topological polar surface area (TPSA) is 50.9 Å². The summed E-state index contributed by atoms with van der Waals surface area (Å²) in [6.45, 7) is 0. The number of nitrogens with two attached hydrogens (primary N) is 1. The van der Waals surface area contributed by atoms with Gasteiger partial charge in [0.15, 0.2) is 5.13 Å². The van der Waals surface area contributed by atoms with E-state index in [2.05, 4.69) is 10.3 Å². The van der Waals surface area contributed by atoms with Crippen LogP contribution in [0, 0.1) is 0 Å². The maximum Gasteiger partial charge on any atom is 0.182 e. The van der Waals surface area contributed by atoms with Gasteiger partial charge >= 0.3 is 0 Å². The Morgan fingerprint density at radius 3 is 3.25 bits per heavy atom. The highest BCUT2D eigenvalue weighted by atomic mass is 32.1. The summed E-state index contributed by atoms with van der Waals surface area (Å²) >= 11 is 1.74. The summed E-state index contributed by atoms with van der Waals surface area (Å²) in [5, 5.41) is 4.09. The fourth-order valence-corrected chi connectivity index (χ4v) is 2.56. The third kappa shape index (κ3) is 1.32. The first-order chi connectivity index (χ1) is 5.79. The molecule has 0 aromatic carbocycles. The second-order valence-corrected chi connectivity index (χ2v) is 4.23. The van der Waals surface area contributed by atoms with Gasteiger partial charge in [-0.25, -0.2) is 4.98 Å². The molecule has 3 N–H and O–H groups in total. The zero-order chi connectivity index (χ0) is 8.55. The van der Waals surface area contributed by atoms with Gasteiger partial charge in [0.05, 0.1) is 5.69 Å². The molecular formula is C8H13N3S. The fourth-order valence-electron chi connectivity index (χ4n) is 1.51. The number of nitrogens with one attached hydrogen (secondary N) is 1. The van der Waals surface area contributed by atoms with Crippen LogP contribution in [0.5, 0.6) is 0 Å². The van der Waals surface area contributed by atoms with E-state index < -0.39 is 0 Å². The molecule has 12 heavy (non-hydrogen) atoms. The monoisotopic (exact) mass is 183 g/mol. The molecule has 0 radical (unpaired) electrons. The number of fused-ring (bicyclic) bond motifs is 1. The Balaban J connectivity index is 2.28. The van der Waals surface area contributed by atoms with Crippen molar-refractivity contribution >= 4 is 16.5 Å². The molecule has 1 aromatic heterocycles. The molecule has 1 atom stereocenters. The van der Waals surface area contributed by atoms with Gasteiger partial charge < -0.3 is 11.1 Å². The van der Waals surface area contributed by atoms with E-state index in [0.717, 1.165) is 24.4 Å². The van der Waals surface area contributed by atoms with E-state index in [4.69, 9.17) is 5.73 Å². The van der Waals surface area contributed by atoms with Crippen LogP contribution in [0.25, 0.3) is 0 Å². The average molecular weight is 183 g/mol. The number of aromatic nitrogens is 1. The third-order valence-corrected chi connectivity index (χ3v) is 3.33. The fraction of sp³-hybridized carbons (Fsp3) is 0.625. The molecule has 1 heterocycles. The molecule has 1 aliphatic rings. The Bertz CT molecular complexity index is 282. The molecule has 1 unspecified atom stereocenters. The standard InChI is InChI=1S/C8H13N3S/c1-10-8-11-6-3-2-5(9)4-7(6)12-8/h5H,2-4,9H2,1H3,(H,10,11). The van der Waals surface area contributed by atoms with Gasteiger partial charge in [-0.2, -0.15) is 0 Å². The minimum Gasteiger partial charge on any atom is -0.365 e. The van der Waals surface area contributed by atoms with Crippen molar-refractivity contribution < 1.29 is 0 Å². The summed E-state index contributed by atoms with van der Waals surface area (Å²) in [4.78, 5) is 5.83. The lowest BCUT2D eigenvalue weighted by Crippen LogP contribution is -2.26. The van der Waals surface area contributed by atoms with Crippen LogP contribution in [0.15, 0.2) is 0 Å². The highest BCUT2D eigenvalue weighted by Gasteiger charge is 2.19. The molecule has 0 saturated heterocycles. The molecule has 1 aromatic rings. The molecule has 0 amide bonds. The Kier molecular flexibility index (Phi) is 2.02. The van der Waals surface area contributed by atoms with Crippen LogP contribution in [0.4, 0.5) is 5.13 Å². The SMILES string of the molecule is CNc1nc2c(s1)CC(N)CC2. The molecule has 3 nitrogen and oxygen atoms in total. The van der Waals surface area contributed by atoms with Gasteiger partial charge in [-0.05, 0) is 19.3 Å². The number of hydrogen-bond donors (Lipinski definition) is 2. The molecule has 2 rings (SSSR count). The highest BCUT2D eigenvalue weighted by Crippen LogP contribution is 2.28. The van der Waals surface area contributed by atoms with Crippen molar-refractivity contribution in [2.75, 3.05) is 12.4 Å². The summed E-state index contributed by atoms with van der Waals surface area (Å²) in [5.41, 5.74) is 7.11. The quantitative estimate of drug-likeness (QED) is 0.683. The molecule has 0 saturated carbocycles. The molecule has 0 aliphatic heterocycles. The van der Waals surface area contributed by atoms with Crippen molar-refractivity contribution in [2.45, 2.75) is 25.3 Å². The largest absolute Gasteiger partial charge is 0.365 e. The first kappa shape index (κ1) is 8.01. The molecule has 66 valence electrons. The minimum atomic E-state index is 0.350. The average Bonchev–Trinajstić information content (AvgIpc) is 2.46. The van der Waals surface area contributed by atoms with Gasteiger partial charge in [0.1, 0.15) is 0 Å². The van der Waals surface area contributed by atoms with Crippen LogP contribution in [0.3, 0.4) is 0 Å². The van der Waals surface area contributed by atoms with Gasteiger partial charge in [0.2, 0.25) is 0 Å². The Hall–Kier alpha value is -0.610. The number of anilines is 1. The molecule has 0 bridgehead atoms. The van der Waals surface area contributed by atoms with Crippen LogP contribution in [-0.4, -0.2) is 18.1 Å². The second-order valence-electron chi connectivity index (χ2n) is 3.14. The lowest BCUT2D eigenvalue weighted by molar-refractivity contribution is 0.576. The summed E-state index contributed by atoms with van der Waals surface area (Å²) < 4.78 is 0. The minimum absolute atomic E-state index is 0.350. The molecular weight excluding hydrogens is 170 g/mol. The zero-order valence-corrected chi connectivity index (χ0v) is 7.95. The van der Waals surface area contributed by atoms with Gasteiger partial charge in [0, 0.05) is 18.0 Å². The lowest BCUT2D eigenvalue weighted by Gasteiger charge is -2.15. The second kappa shape index (κ2) is 3.03. The Labute approximate surface area is 76.0 Å². The van der Waals surface area contributed by atoms with Crippen LogP contribution >= 0.6 is 11.3 Å². The molecule has 0 fully saturated rings. The number of aryl methyl sites for hydroxylation is 1. The normalized spacial score (nSPS) is 22.0. The number of nitrogens with zero attached hydrogens (tertiary/aromatic N) is 1. The third-order valence-electron chi connectivity index (χ3n) is 2.19. The first-order valence-corrected chi connectivity index (χ1v) is 5.03. The van der Waals surface area contributed by atoms with Crippen molar-refractivity contribution in [1.82, 2.24) is 4.98 Å². The van der Waals surface area contributed by atoms with Crippen LogP contribution < -0.4 is 11.1 Å². The van der Waals surface area contributed by atoms with E-state index in [0.29, 0.717) is 6.04 Å². The first-order valence-electron chi connectivity index (χ1n) is 4.21. The van der Waals surface area contributed by atoms with Crippen LogP contribution in [0.2, 0.25) is 0 Å². The van der Waals surface area contributed by atoms with Gasteiger partial charge in [-0.1, -0.05) is 0 Å². The van der Waals surface area contributed by atoms with Crippen LogP contribution in [0.1, 0.15) is 17.0 Å². The predicted octanol–water partition coefficient (Wildman–Crippen LogP) is 1.00. The van der Waals surface area contributed by atoms with Gasteiger partial charge in [0.25, 0.3) is 0 Å². The van der Waals surface area contributed by atoms with Crippen molar-refractivity contribution in [1.29, 1.82) is 0 Å². The van der Waals surface area contributed by atoms with Gasteiger partial charge in [-0.15, -0.1) is 11.3 Å². The van der Waals surface area contributed by atoms with Crippen LogP contribution in [-0.2, 0) is 12.8 Å². The Morgan fingerprint density at radius 2 is 2.50 bits per heavy atom. The van der Waals surface area contributed by atoms with E-state index in [1.54, 1.807) is 11.3 Å². The summed E-state index contributed by atoms with van der Waals surface area (Å²) in [7, 11) is 1.91. The maximum atomic E-state index is 5.86. The Morgan fingerprint density at radius 1 is 1.67 bits per heavy atom. The lowest BCUT2D eigenvalue weighted by atomic mass is 9.99. The highest BCUT2D eigenvalue weighted by molar-refractivity contribution is 7.15. The zero-order valence-electron chi connectivity index (χ0n) is 7.13. The van der Waals surface area contributed by atoms with Crippen molar-refractivity contribution in [3.8, 4) is 0 Å². The summed E-state index contributed by atoms with van der Waals surface area (Å²) in [5.74, 6) is 0. The van der Waals surface area contributed by atoms with Crippen molar-refractivity contribution in [3.63, 3.8) is 0 Å². The predicted molar refractivity (Wildman–Crippen MR) is 51.7 cm³/mol. The van der Waals surface area contributed by atoms with E-state index >= 15 is 0 Å². The number of hydrogen-bond acceptors (Lipinski definition) is 4. The van der Waals surface area contributed by atoms with Gasteiger partial charge in [-0.3, -0.25) is 0 Å². The molecule has 1 aliphatic carbocycles. The van der Waals surface area contributed by atoms with Crippen molar-refractivity contribution in [3.05, 3.63) is 10.6 Å². The summed E-state index contributed by atoms with van der Waals surface area (Å²) in [6.07, 6.45) is 3.14. The smallest absolute Gasteiger partial charge is 0.182 e. The van der Waals surface area contributed by atoms with E-state index in [9.17, 15) is 0 Å². The van der Waals surface area contributed by atoms with Crippen molar-refractivity contribution in [2.24, 2.45) is 5.73 Å².